The second-order valence-electron chi connectivity index (χ2n) is 11.9. The molecule has 0 saturated heterocycles. The molecular weight excluding hydrogens is 348 g/mol. The number of allylic oxidation sites excluding steroid dienone is 4. The SMILES string of the molecule is C/C=C(/C)C1CCC2(C)C(=CCC3C2CCC2(C)C(CCCCCC)CCC32)C1. The summed E-state index contributed by atoms with van der Waals surface area (Å²) in [5, 5.41) is 0. The fraction of sp³-hybridized carbons (Fsp3) is 0.862. The monoisotopic (exact) mass is 396 g/mol. The molecule has 0 aromatic carbocycles. The highest BCUT2D eigenvalue weighted by atomic mass is 14.6. The largest absolute Gasteiger partial charge is 0.0884 e. The summed E-state index contributed by atoms with van der Waals surface area (Å²) in [5.41, 5.74) is 4.67. The third-order valence-corrected chi connectivity index (χ3v) is 10.8. The van der Waals surface area contributed by atoms with Crippen molar-refractivity contribution in [3.05, 3.63) is 23.3 Å². The molecule has 3 saturated carbocycles. The van der Waals surface area contributed by atoms with Crippen LogP contribution < -0.4 is 0 Å². The predicted molar refractivity (Wildman–Crippen MR) is 127 cm³/mol. The molecule has 7 atom stereocenters. The summed E-state index contributed by atoms with van der Waals surface area (Å²) in [5.74, 6) is 4.83. The number of rotatable bonds is 6. The average molecular weight is 397 g/mol. The van der Waals surface area contributed by atoms with Crippen molar-refractivity contribution in [3.8, 4) is 0 Å². The number of hydrogen-bond donors (Lipinski definition) is 0. The fourth-order valence-corrected chi connectivity index (χ4v) is 8.69. The lowest BCUT2D eigenvalue weighted by molar-refractivity contribution is -0.0446. The highest BCUT2D eigenvalue weighted by molar-refractivity contribution is 5.27. The Bertz CT molecular complexity index is 638. The Kier molecular flexibility index (Phi) is 6.40. The van der Waals surface area contributed by atoms with Crippen LogP contribution in [0, 0.1) is 40.4 Å². The molecule has 164 valence electrons. The standard InChI is InChI=1S/C29H48/c1-6-8-9-10-11-23-13-15-26-25-14-12-24-20-22(21(3)7-2)16-18-29(24,5)27(25)17-19-28(23,26)4/h7,12,22-23,25-27H,6,8-11,13-20H2,1-5H3/b21-7-. The van der Waals surface area contributed by atoms with Crippen molar-refractivity contribution in [2.24, 2.45) is 40.4 Å². The maximum absolute atomic E-state index is 2.76. The summed E-state index contributed by atoms with van der Waals surface area (Å²) in [6, 6.07) is 0. The smallest absolute Gasteiger partial charge is 0.00849 e. The fourth-order valence-electron chi connectivity index (χ4n) is 8.69. The van der Waals surface area contributed by atoms with Crippen molar-refractivity contribution in [3.63, 3.8) is 0 Å². The van der Waals surface area contributed by atoms with Crippen molar-refractivity contribution >= 4 is 0 Å². The minimum Gasteiger partial charge on any atom is -0.0884 e. The zero-order chi connectivity index (χ0) is 20.6. The molecular formula is C29H48. The van der Waals surface area contributed by atoms with Crippen LogP contribution in [0.15, 0.2) is 23.3 Å². The first-order chi connectivity index (χ1) is 13.9. The molecule has 0 heteroatoms. The Morgan fingerprint density at radius 1 is 1.03 bits per heavy atom. The molecule has 0 N–H and O–H groups in total. The minimum absolute atomic E-state index is 0.522. The van der Waals surface area contributed by atoms with E-state index >= 15 is 0 Å². The van der Waals surface area contributed by atoms with Crippen LogP contribution in [0.2, 0.25) is 0 Å². The van der Waals surface area contributed by atoms with Crippen LogP contribution in [0.4, 0.5) is 0 Å². The van der Waals surface area contributed by atoms with Crippen molar-refractivity contribution in [2.75, 3.05) is 0 Å². The summed E-state index contributed by atoms with van der Waals surface area (Å²) in [4.78, 5) is 0. The van der Waals surface area contributed by atoms with Crippen LogP contribution >= 0.6 is 0 Å². The third-order valence-electron chi connectivity index (χ3n) is 10.8. The van der Waals surface area contributed by atoms with E-state index in [0.29, 0.717) is 10.8 Å². The molecule has 29 heavy (non-hydrogen) atoms. The highest BCUT2D eigenvalue weighted by Gasteiger charge is 2.58. The average Bonchev–Trinajstić information content (AvgIpc) is 3.06. The van der Waals surface area contributed by atoms with Gasteiger partial charge in [0.1, 0.15) is 0 Å². The van der Waals surface area contributed by atoms with Crippen molar-refractivity contribution < 1.29 is 0 Å². The van der Waals surface area contributed by atoms with Crippen molar-refractivity contribution in [1.82, 2.24) is 0 Å². The molecule has 0 spiro atoms. The normalized spacial score (nSPS) is 44.7. The summed E-state index contributed by atoms with van der Waals surface area (Å²) in [6.07, 6.45) is 24.2. The summed E-state index contributed by atoms with van der Waals surface area (Å²) in [7, 11) is 0. The van der Waals surface area contributed by atoms with Gasteiger partial charge in [0.05, 0.1) is 0 Å². The van der Waals surface area contributed by atoms with E-state index in [2.05, 4.69) is 46.8 Å². The molecule has 0 radical (unpaired) electrons. The Morgan fingerprint density at radius 3 is 2.62 bits per heavy atom. The molecule has 0 bridgehead atoms. The van der Waals surface area contributed by atoms with Gasteiger partial charge in [0, 0.05) is 0 Å². The molecule has 0 nitrogen and oxygen atoms in total. The van der Waals surface area contributed by atoms with Crippen LogP contribution in [-0.2, 0) is 0 Å². The van der Waals surface area contributed by atoms with Crippen molar-refractivity contribution in [2.45, 2.75) is 118 Å². The number of hydrogen-bond acceptors (Lipinski definition) is 0. The first kappa shape index (κ1) is 21.7. The van der Waals surface area contributed by atoms with Crippen LogP contribution in [0.3, 0.4) is 0 Å². The predicted octanol–water partition coefficient (Wildman–Crippen LogP) is 9.12. The molecule has 0 amide bonds. The van der Waals surface area contributed by atoms with Gasteiger partial charge in [-0.1, -0.05) is 69.8 Å². The van der Waals surface area contributed by atoms with E-state index < -0.39 is 0 Å². The maximum atomic E-state index is 2.76. The van der Waals surface area contributed by atoms with Gasteiger partial charge in [-0.05, 0) is 112 Å². The van der Waals surface area contributed by atoms with E-state index in [-0.39, 0.29) is 0 Å². The highest BCUT2D eigenvalue weighted by Crippen LogP contribution is 2.67. The Labute approximate surface area is 182 Å². The van der Waals surface area contributed by atoms with Gasteiger partial charge in [-0.25, -0.2) is 0 Å². The van der Waals surface area contributed by atoms with Gasteiger partial charge in [0.25, 0.3) is 0 Å². The first-order valence-electron chi connectivity index (χ1n) is 13.3. The lowest BCUT2D eigenvalue weighted by Gasteiger charge is -2.58. The van der Waals surface area contributed by atoms with Crippen molar-refractivity contribution in [1.29, 1.82) is 0 Å². The second kappa shape index (κ2) is 8.55. The molecule has 4 rings (SSSR count). The topological polar surface area (TPSA) is 0 Å². The van der Waals surface area contributed by atoms with Gasteiger partial charge in [0.15, 0.2) is 0 Å². The van der Waals surface area contributed by atoms with E-state index in [1.165, 1.54) is 83.5 Å². The Morgan fingerprint density at radius 2 is 1.86 bits per heavy atom. The van der Waals surface area contributed by atoms with Gasteiger partial charge in [-0.3, -0.25) is 0 Å². The van der Waals surface area contributed by atoms with Gasteiger partial charge < -0.3 is 0 Å². The zero-order valence-corrected chi connectivity index (χ0v) is 20.2. The van der Waals surface area contributed by atoms with E-state index in [9.17, 15) is 0 Å². The first-order valence-corrected chi connectivity index (χ1v) is 13.3. The lowest BCUT2D eigenvalue weighted by Crippen LogP contribution is -2.50. The summed E-state index contributed by atoms with van der Waals surface area (Å²) >= 11 is 0. The number of fused-ring (bicyclic) bond motifs is 5. The summed E-state index contributed by atoms with van der Waals surface area (Å²) < 4.78 is 0. The molecule has 4 aliphatic rings. The van der Waals surface area contributed by atoms with Crippen LogP contribution in [0.1, 0.15) is 118 Å². The molecule has 0 aliphatic heterocycles. The van der Waals surface area contributed by atoms with E-state index in [0.717, 1.165) is 29.6 Å². The molecule has 7 unspecified atom stereocenters. The lowest BCUT2D eigenvalue weighted by atomic mass is 9.46. The quantitative estimate of drug-likeness (QED) is 0.310. The van der Waals surface area contributed by atoms with Gasteiger partial charge in [0.2, 0.25) is 0 Å². The van der Waals surface area contributed by atoms with Crippen LogP contribution in [-0.4, -0.2) is 0 Å². The van der Waals surface area contributed by atoms with Crippen LogP contribution in [0.25, 0.3) is 0 Å². The van der Waals surface area contributed by atoms with Gasteiger partial charge in [-0.2, -0.15) is 0 Å². The Hall–Kier alpha value is -0.520. The number of unbranched alkanes of at least 4 members (excludes halogenated alkanes) is 3. The molecule has 0 aromatic heterocycles. The molecule has 0 aromatic rings. The van der Waals surface area contributed by atoms with E-state index in [1.54, 1.807) is 5.57 Å². The molecule has 3 fully saturated rings. The summed E-state index contributed by atoms with van der Waals surface area (Å²) in [6.45, 7) is 12.3. The van der Waals surface area contributed by atoms with E-state index in [1.807, 2.05) is 5.57 Å². The third kappa shape index (κ3) is 3.70. The molecule has 4 aliphatic carbocycles. The second-order valence-corrected chi connectivity index (χ2v) is 11.9. The molecule has 0 heterocycles. The van der Waals surface area contributed by atoms with Gasteiger partial charge in [-0.15, -0.1) is 0 Å². The van der Waals surface area contributed by atoms with E-state index in [4.69, 9.17) is 0 Å². The van der Waals surface area contributed by atoms with Crippen LogP contribution in [0.5, 0.6) is 0 Å². The van der Waals surface area contributed by atoms with Gasteiger partial charge >= 0.3 is 0 Å². The Balaban J connectivity index is 1.48. The minimum atomic E-state index is 0.522. The zero-order valence-electron chi connectivity index (χ0n) is 20.2. The maximum Gasteiger partial charge on any atom is -0.00849 e.